The van der Waals surface area contributed by atoms with Crippen LogP contribution in [0.25, 0.3) is 24.3 Å². The Morgan fingerprint density at radius 2 is 0.486 bits per heavy atom. The summed E-state index contributed by atoms with van der Waals surface area (Å²) in [6.07, 6.45) is 23.7. The molecule has 4 aromatic carbocycles. The minimum Gasteiger partial charge on any atom is -0.218 e. The third-order valence-corrected chi connectivity index (χ3v) is 10.1. The molecule has 4 nitrogen and oxygen atoms in total. The van der Waals surface area contributed by atoms with Crippen LogP contribution in [0.1, 0.15) is 68.2 Å². The molecular weight excluding hydrogens is 971 g/mol. The number of nitrogens with zero attached hydrogens (tertiary/aromatic N) is 2. The molecular formula is C52H46F12N4P2. The second kappa shape index (κ2) is 21.7. The van der Waals surface area contributed by atoms with E-state index >= 15 is 0 Å². The van der Waals surface area contributed by atoms with Crippen LogP contribution in [-0.2, 0) is 0 Å². The first-order chi connectivity index (χ1) is 32.7. The maximum absolute atomic E-state index is 10.7. The van der Waals surface area contributed by atoms with Crippen molar-refractivity contribution in [3.8, 4) is 0 Å². The Morgan fingerprint density at radius 1 is 0.286 bits per heavy atom. The number of hydrogen-bond acceptors (Lipinski definition) is 2. The quantitative estimate of drug-likeness (QED) is 0.112. The first kappa shape index (κ1) is 53.9. The van der Waals surface area contributed by atoms with Gasteiger partial charge >= 0.3 is 66.0 Å². The molecule has 0 spiro atoms. The largest absolute Gasteiger partial charge is 0.218 e. The standard InChI is InChI=1S/C26H22N2.2C13H11N.2F6P/c1-3-7-19(8-4-1)23-25(21-11-15-27-16-12-21)24(20-9-5-2-6-10-20)26(23)22-13-17-28-18-14-22;2*1-2-4-12(5-3-1)6-7-13-8-10-14-11-9-13;2*1-7(2,3,4,5)6/h1-18,23-26H;2*1-11H;;/q;;;2*-1/p+2/b;2*7-6+;;. The van der Waals surface area contributed by atoms with Gasteiger partial charge in [-0.15, -0.1) is 0 Å². The van der Waals surface area contributed by atoms with Gasteiger partial charge in [-0.05, 0) is 92.4 Å². The van der Waals surface area contributed by atoms with Gasteiger partial charge in [0.15, 0.2) is 24.8 Å². The predicted molar refractivity (Wildman–Crippen MR) is 256 cm³/mol. The van der Waals surface area contributed by atoms with E-state index in [1.54, 1.807) is 24.8 Å². The van der Waals surface area contributed by atoms with Gasteiger partial charge in [0.1, 0.15) is 0 Å². The number of benzene rings is 4. The van der Waals surface area contributed by atoms with Gasteiger partial charge in [-0.25, -0.2) is 9.97 Å². The fourth-order valence-electron chi connectivity index (χ4n) is 7.46. The Kier molecular flexibility index (Phi) is 16.7. The Bertz CT molecular complexity index is 2440. The first-order valence-electron chi connectivity index (χ1n) is 21.1. The Morgan fingerprint density at radius 3 is 0.729 bits per heavy atom. The summed E-state index contributed by atoms with van der Waals surface area (Å²) in [7, 11) is -21.3. The molecule has 0 saturated heterocycles. The van der Waals surface area contributed by atoms with Crippen molar-refractivity contribution in [2.24, 2.45) is 0 Å². The molecule has 368 valence electrons. The zero-order valence-corrected chi connectivity index (χ0v) is 38.5. The summed E-state index contributed by atoms with van der Waals surface area (Å²) in [5.74, 6) is 1.81. The molecule has 1 aliphatic rings. The second-order valence-corrected chi connectivity index (χ2v) is 19.4. The van der Waals surface area contributed by atoms with Crippen LogP contribution in [0, 0.1) is 0 Å². The van der Waals surface area contributed by atoms with Crippen LogP contribution in [0.15, 0.2) is 219 Å². The molecule has 2 N–H and O–H groups in total. The number of hydrogen-bond donors (Lipinski definition) is 0. The monoisotopic (exact) mass is 1020 g/mol. The maximum atomic E-state index is 9.87. The average Bonchev–Trinajstić information content (AvgIpc) is 3.31. The van der Waals surface area contributed by atoms with Crippen LogP contribution in [-0.4, -0.2) is 9.97 Å². The summed E-state index contributed by atoms with van der Waals surface area (Å²) >= 11 is 0. The van der Waals surface area contributed by atoms with Gasteiger partial charge in [-0.3, -0.25) is 9.97 Å². The van der Waals surface area contributed by atoms with Gasteiger partial charge in [-0.1, -0.05) is 146 Å². The van der Waals surface area contributed by atoms with Gasteiger partial charge in [0, 0.05) is 49.1 Å². The van der Waals surface area contributed by atoms with E-state index in [9.17, 15) is 50.4 Å². The van der Waals surface area contributed by atoms with Crippen LogP contribution in [0.3, 0.4) is 0 Å². The summed E-state index contributed by atoms with van der Waals surface area (Å²) in [6, 6.07) is 59.4. The Balaban J connectivity index is 0.000000184. The molecule has 4 heterocycles. The van der Waals surface area contributed by atoms with Crippen LogP contribution in [0.2, 0.25) is 0 Å². The molecule has 18 heteroatoms. The number of nitrogens with one attached hydrogen (secondary N) is 2. The third-order valence-electron chi connectivity index (χ3n) is 10.1. The van der Waals surface area contributed by atoms with Gasteiger partial charge in [-0.2, -0.15) is 0 Å². The Hall–Kier alpha value is -7.02. The molecule has 1 fully saturated rings. The number of pyridine rings is 4. The van der Waals surface area contributed by atoms with Crippen molar-refractivity contribution in [2.75, 3.05) is 0 Å². The van der Waals surface area contributed by atoms with E-state index in [1.165, 1.54) is 44.5 Å². The molecule has 4 aromatic heterocycles. The summed E-state index contributed by atoms with van der Waals surface area (Å²) in [4.78, 5) is 14.3. The van der Waals surface area contributed by atoms with Crippen LogP contribution in [0.5, 0.6) is 0 Å². The minimum atomic E-state index is -10.7. The van der Waals surface area contributed by atoms with E-state index in [0.717, 1.165) is 0 Å². The van der Waals surface area contributed by atoms with E-state index in [2.05, 4.69) is 153 Å². The van der Waals surface area contributed by atoms with Gasteiger partial charge in [0.25, 0.3) is 0 Å². The van der Waals surface area contributed by atoms with Gasteiger partial charge < -0.3 is 0 Å². The van der Waals surface area contributed by atoms with Crippen molar-refractivity contribution >= 4 is 39.9 Å². The van der Waals surface area contributed by atoms with E-state index in [-0.39, 0.29) is 0 Å². The number of aromatic nitrogens is 4. The van der Waals surface area contributed by atoms with Crippen LogP contribution < -0.4 is 9.97 Å². The summed E-state index contributed by atoms with van der Waals surface area (Å²) < 4.78 is 118. The molecule has 70 heavy (non-hydrogen) atoms. The number of rotatable bonds is 8. The molecule has 0 aliphatic heterocycles. The fourth-order valence-corrected chi connectivity index (χ4v) is 7.46. The maximum Gasteiger partial charge on any atom is 0.167 e. The average molecular weight is 1020 g/mol. The topological polar surface area (TPSA) is 54.1 Å². The van der Waals surface area contributed by atoms with Crippen molar-refractivity contribution in [3.63, 3.8) is 0 Å². The molecule has 1 aliphatic carbocycles. The van der Waals surface area contributed by atoms with Crippen molar-refractivity contribution in [2.45, 2.75) is 23.7 Å². The smallest absolute Gasteiger partial charge is 0.167 e. The van der Waals surface area contributed by atoms with Gasteiger partial charge in [0.05, 0.1) is 0 Å². The van der Waals surface area contributed by atoms with E-state index in [0.29, 0.717) is 23.7 Å². The normalized spacial score (nSPS) is 18.3. The number of aromatic amines is 2. The van der Waals surface area contributed by atoms with E-state index in [4.69, 9.17) is 0 Å². The second-order valence-electron chi connectivity index (χ2n) is 15.6. The molecule has 0 atom stereocenters. The summed E-state index contributed by atoms with van der Waals surface area (Å²) in [5, 5.41) is 0. The van der Waals surface area contributed by atoms with Crippen LogP contribution >= 0.6 is 15.6 Å². The molecule has 0 unspecified atom stereocenters. The van der Waals surface area contributed by atoms with Crippen molar-refractivity contribution in [1.82, 2.24) is 9.97 Å². The third kappa shape index (κ3) is 22.4. The minimum absolute atomic E-state index is 0.452. The van der Waals surface area contributed by atoms with Gasteiger partial charge in [0.2, 0.25) is 0 Å². The van der Waals surface area contributed by atoms with Crippen molar-refractivity contribution < 1.29 is 60.3 Å². The molecule has 9 rings (SSSR count). The van der Waals surface area contributed by atoms with Crippen LogP contribution in [0.4, 0.5) is 50.4 Å². The molecule has 0 amide bonds. The first-order valence-corrected chi connectivity index (χ1v) is 25.2. The Labute approximate surface area is 396 Å². The zero-order valence-electron chi connectivity index (χ0n) is 36.7. The molecule has 0 bridgehead atoms. The van der Waals surface area contributed by atoms with Crippen molar-refractivity contribution in [3.05, 3.63) is 264 Å². The number of H-pyrrole nitrogens is 2. The zero-order chi connectivity index (χ0) is 50.9. The van der Waals surface area contributed by atoms with E-state index in [1.807, 2.05) is 85.5 Å². The predicted octanol–water partition coefficient (Wildman–Crippen LogP) is 18.0. The molecule has 0 radical (unpaired) electrons. The molecule has 8 aromatic rings. The summed E-state index contributed by atoms with van der Waals surface area (Å²) in [6.45, 7) is 0. The fraction of sp³-hybridized carbons (Fsp3) is 0.0769. The molecule has 1 saturated carbocycles. The number of halogens is 12. The summed E-state index contributed by atoms with van der Waals surface area (Å²) in [5.41, 5.74) is 10.4. The van der Waals surface area contributed by atoms with Crippen molar-refractivity contribution in [1.29, 1.82) is 0 Å². The SMILES string of the molecule is C(=C\c1ccncc1)/c1ccccc1.C(=C\c1ccncc1)/c1ccccc1.F[P-](F)(F)(F)(F)F.F[P-](F)(F)(F)(F)F.c1ccc(C2C(c3cc[nH+]cc3)C(c3ccccc3)C2c2cc[nH+]cc2)cc1. The van der Waals surface area contributed by atoms with E-state index < -0.39 is 15.6 Å².